The molecule has 432 valence electrons. The molecule has 0 aromatic heterocycles. The van der Waals surface area contributed by atoms with E-state index in [9.17, 15) is 76.0 Å². The minimum Gasteiger partial charge on any atom is -0.462 e. The number of aliphatic hydroxyl groups excluding tert-OH is 12. The van der Waals surface area contributed by atoms with Gasteiger partial charge in [-0.1, -0.05) is 54.4 Å². The van der Waals surface area contributed by atoms with Crippen LogP contribution in [0.15, 0.2) is 0 Å². The lowest BCUT2D eigenvalue weighted by molar-refractivity contribution is -0.366. The first kappa shape index (κ1) is 62.9. The van der Waals surface area contributed by atoms with E-state index in [1.807, 2.05) is 20.8 Å². The van der Waals surface area contributed by atoms with E-state index in [-0.39, 0.29) is 30.6 Å². The van der Waals surface area contributed by atoms with Gasteiger partial charge >= 0.3 is 11.9 Å². The van der Waals surface area contributed by atoms with Crippen LogP contribution in [0, 0.1) is 17.8 Å². The second-order valence-corrected chi connectivity index (χ2v) is 21.0. The van der Waals surface area contributed by atoms with Gasteiger partial charge in [-0.3, -0.25) is 9.59 Å². The normalized spacial score (nSPS) is 42.4. The molecule has 5 saturated heterocycles. The summed E-state index contributed by atoms with van der Waals surface area (Å²) >= 11 is 0. The summed E-state index contributed by atoms with van der Waals surface area (Å²) in [6, 6.07) is 0. The molecular weight excluding hydrogens is 993 g/mol. The Morgan fingerprint density at radius 1 is 0.622 bits per heavy atom. The van der Waals surface area contributed by atoms with Crippen LogP contribution in [0.1, 0.15) is 93.9 Å². The van der Waals surface area contributed by atoms with E-state index in [2.05, 4.69) is 0 Å². The summed E-state index contributed by atoms with van der Waals surface area (Å²) < 4.78 is 63.2. The van der Waals surface area contributed by atoms with Crippen LogP contribution in [-0.2, 0) is 61.7 Å². The minimum absolute atomic E-state index is 0.0664. The number of esters is 2. The molecule has 5 rings (SSSR count). The van der Waals surface area contributed by atoms with Gasteiger partial charge < -0.3 is 118 Å². The Morgan fingerprint density at radius 3 is 1.77 bits per heavy atom. The first-order valence-corrected chi connectivity index (χ1v) is 25.7. The molecule has 0 spiro atoms. The molecule has 5 aliphatic heterocycles. The second-order valence-electron chi connectivity index (χ2n) is 21.0. The fourth-order valence-electron chi connectivity index (χ4n) is 9.66. The molecule has 0 aliphatic carbocycles. The van der Waals surface area contributed by atoms with Crippen molar-refractivity contribution < 1.29 is 128 Å². The topological polar surface area (TPSA) is 399 Å². The van der Waals surface area contributed by atoms with E-state index < -0.39 is 204 Å². The van der Waals surface area contributed by atoms with E-state index in [0.717, 1.165) is 0 Å². The Kier molecular flexibility index (Phi) is 23.6. The number of rotatable bonds is 25. The highest BCUT2D eigenvalue weighted by Crippen LogP contribution is 2.36. The fourth-order valence-corrected chi connectivity index (χ4v) is 9.66. The van der Waals surface area contributed by atoms with Crippen LogP contribution >= 0.6 is 0 Å². The number of aliphatic hydroxyl groups is 13. The highest BCUT2D eigenvalue weighted by Gasteiger charge is 2.55. The second kappa shape index (κ2) is 27.8. The van der Waals surface area contributed by atoms with E-state index in [1.54, 1.807) is 27.7 Å². The molecule has 74 heavy (non-hydrogen) atoms. The van der Waals surface area contributed by atoms with Gasteiger partial charge in [0.15, 0.2) is 31.3 Å². The lowest BCUT2D eigenvalue weighted by atomic mass is 9.89. The zero-order valence-electron chi connectivity index (χ0n) is 43.3. The summed E-state index contributed by atoms with van der Waals surface area (Å²) in [6.07, 6.45) is -33.3. The van der Waals surface area contributed by atoms with Crippen molar-refractivity contribution in [2.45, 2.75) is 247 Å². The van der Waals surface area contributed by atoms with Crippen LogP contribution in [0.2, 0.25) is 0 Å². The van der Waals surface area contributed by atoms with Gasteiger partial charge in [0, 0.05) is 12.8 Å². The highest BCUT2D eigenvalue weighted by molar-refractivity contribution is 5.71. The Morgan fingerprint density at radius 2 is 1.19 bits per heavy atom. The molecule has 13 N–H and O–H groups in total. The van der Waals surface area contributed by atoms with Crippen molar-refractivity contribution in [1.29, 1.82) is 0 Å². The van der Waals surface area contributed by atoms with Crippen molar-refractivity contribution in [1.82, 2.24) is 0 Å². The maximum atomic E-state index is 13.4. The largest absolute Gasteiger partial charge is 0.462 e. The molecule has 0 aromatic rings. The maximum absolute atomic E-state index is 13.4. The van der Waals surface area contributed by atoms with Crippen LogP contribution in [0.25, 0.3) is 0 Å². The minimum atomic E-state index is -2.05. The Bertz CT molecular complexity index is 1720. The fraction of sp³-hybridized carbons (Fsp3) is 0.958. The lowest BCUT2D eigenvalue weighted by Crippen LogP contribution is -2.65. The van der Waals surface area contributed by atoms with Gasteiger partial charge in [-0.2, -0.15) is 0 Å². The molecule has 0 radical (unpaired) electrons. The third kappa shape index (κ3) is 15.2. The van der Waals surface area contributed by atoms with Crippen LogP contribution in [0.4, 0.5) is 0 Å². The number of hydrogen-bond donors (Lipinski definition) is 13. The molecule has 27 atom stereocenters. The predicted molar refractivity (Wildman–Crippen MR) is 247 cm³/mol. The molecule has 26 nitrogen and oxygen atoms in total. The summed E-state index contributed by atoms with van der Waals surface area (Å²) in [7, 11) is 0. The van der Waals surface area contributed by atoms with Gasteiger partial charge in [0.05, 0.1) is 75.9 Å². The number of hydrogen-bond acceptors (Lipinski definition) is 26. The quantitative estimate of drug-likeness (QED) is 0.0387. The van der Waals surface area contributed by atoms with Crippen molar-refractivity contribution in [3.05, 3.63) is 0 Å². The zero-order valence-corrected chi connectivity index (χ0v) is 43.3. The SMILES string of the molecule is CC[C@H](C)[C@H](C[C@H](O)CC(=O)OC1C(C)OC(C(C)C)C(OC2OC(C)C(OC3OCC(O)C(OC4OCC(O)(CO)C4O)C3O)C(O)C2O)C1O)OC(=O)C[C@@H](O)C[C@H](OC1OC(CO)C(O)C1O)[C@@H](C)CC. The molecule has 5 heterocycles. The summed E-state index contributed by atoms with van der Waals surface area (Å²) in [5.74, 6) is -2.54. The maximum Gasteiger partial charge on any atom is 0.308 e. The smallest absolute Gasteiger partial charge is 0.308 e. The third-order valence-electron chi connectivity index (χ3n) is 14.9. The monoisotopic (exact) mass is 1080 g/mol. The highest BCUT2D eigenvalue weighted by atomic mass is 16.8. The molecule has 21 unspecified atom stereocenters. The van der Waals surface area contributed by atoms with Gasteiger partial charge in [-0.15, -0.1) is 0 Å². The zero-order chi connectivity index (χ0) is 55.1. The third-order valence-corrected chi connectivity index (χ3v) is 14.9. The van der Waals surface area contributed by atoms with Gasteiger partial charge in [0.2, 0.25) is 0 Å². The van der Waals surface area contributed by atoms with Crippen molar-refractivity contribution in [3.63, 3.8) is 0 Å². The van der Waals surface area contributed by atoms with Gasteiger partial charge in [0.25, 0.3) is 0 Å². The van der Waals surface area contributed by atoms with Gasteiger partial charge in [0.1, 0.15) is 85.0 Å². The van der Waals surface area contributed by atoms with Crippen LogP contribution in [-0.4, -0.2) is 258 Å². The molecule has 0 bridgehead atoms. The van der Waals surface area contributed by atoms with Crippen molar-refractivity contribution in [3.8, 4) is 0 Å². The van der Waals surface area contributed by atoms with E-state index in [1.165, 1.54) is 6.92 Å². The van der Waals surface area contributed by atoms with Gasteiger partial charge in [-0.25, -0.2) is 0 Å². The molecule has 0 amide bonds. The number of carbonyl (C=O) groups excluding carboxylic acids is 2. The molecule has 26 heteroatoms. The Balaban J connectivity index is 1.15. The molecule has 0 aromatic carbocycles. The molecular formula is C48H84O26. The standard InChI is InChI=1S/C48H84O26/c1-9-20(5)27(68-30(54)13-25(52)12-28(21(6)10-2)69-46-34(58)32(56)29(15-49)70-46)11-24(51)14-31(55)71-40-22(7)66-38(19(3)4)42(36(40)60)74-45-35(59)33(57)39(23(8)67-45)72-44-37(61)41(26(53)16-64-44)73-47-43(62)48(63,17-50)18-65-47/h19-29,32-47,49-53,56-63H,9-18H2,1-8H3/t20-,21-,22?,23?,24-,25-,26?,27-,28-,29?,32?,33?,34?,35?,36?,37?,38?,39?,40?,41?,42?,43?,44?,45?,46?,47?,48?/m0/s1. The number of ether oxygens (including phenoxy) is 11. The lowest BCUT2D eigenvalue weighted by Gasteiger charge is -2.48. The summed E-state index contributed by atoms with van der Waals surface area (Å²) in [4.78, 5) is 26.7. The van der Waals surface area contributed by atoms with Gasteiger partial charge in [-0.05, 0) is 31.6 Å². The Labute approximate surface area is 430 Å². The van der Waals surface area contributed by atoms with E-state index in [0.29, 0.717) is 12.8 Å². The molecule has 5 fully saturated rings. The summed E-state index contributed by atoms with van der Waals surface area (Å²) in [5, 5.41) is 139. The summed E-state index contributed by atoms with van der Waals surface area (Å²) in [5.41, 5.74) is -2.05. The van der Waals surface area contributed by atoms with Crippen LogP contribution in [0.3, 0.4) is 0 Å². The first-order chi connectivity index (χ1) is 34.8. The molecule has 5 aliphatic rings. The average molecular weight is 1080 g/mol. The summed E-state index contributed by atoms with van der Waals surface area (Å²) in [6.45, 7) is 11.5. The average Bonchev–Trinajstić information content (AvgIpc) is 3.79. The van der Waals surface area contributed by atoms with Crippen molar-refractivity contribution in [2.75, 3.05) is 26.4 Å². The van der Waals surface area contributed by atoms with Crippen molar-refractivity contribution >= 4 is 11.9 Å². The Hall–Kier alpha value is -1.94. The molecule has 0 saturated carbocycles. The van der Waals surface area contributed by atoms with Crippen molar-refractivity contribution in [2.24, 2.45) is 17.8 Å². The van der Waals surface area contributed by atoms with E-state index in [4.69, 9.17) is 52.1 Å². The first-order valence-electron chi connectivity index (χ1n) is 25.7. The van der Waals surface area contributed by atoms with Crippen LogP contribution < -0.4 is 0 Å². The number of carbonyl (C=O) groups is 2. The van der Waals surface area contributed by atoms with Crippen LogP contribution in [0.5, 0.6) is 0 Å². The van der Waals surface area contributed by atoms with E-state index >= 15 is 0 Å². The predicted octanol–water partition coefficient (Wildman–Crippen LogP) is -4.05.